The van der Waals surface area contributed by atoms with Crippen LogP contribution in [0.1, 0.15) is 65.5 Å². The van der Waals surface area contributed by atoms with Crippen LogP contribution in [0.5, 0.6) is 5.75 Å². The molecule has 1 aromatic rings. The standard InChI is InChI=1S/C19H33NO/c1-14(2)17-10-9-16(11-15(17)3)21-13-19(7,8)12-20-18(4,5)6/h9-11,14,20H,12-13H2,1-8H3. The molecule has 1 aromatic carbocycles. The van der Waals surface area contributed by atoms with Gasteiger partial charge >= 0.3 is 0 Å². The minimum Gasteiger partial charge on any atom is -0.493 e. The molecule has 0 aromatic heterocycles. The third kappa shape index (κ3) is 6.52. The highest BCUT2D eigenvalue weighted by molar-refractivity contribution is 5.36. The van der Waals surface area contributed by atoms with Crippen molar-refractivity contribution in [2.75, 3.05) is 13.2 Å². The van der Waals surface area contributed by atoms with E-state index in [1.54, 1.807) is 0 Å². The maximum Gasteiger partial charge on any atom is 0.119 e. The summed E-state index contributed by atoms with van der Waals surface area (Å²) in [6.07, 6.45) is 0. The lowest BCUT2D eigenvalue weighted by atomic mass is 9.93. The molecule has 2 nitrogen and oxygen atoms in total. The first-order chi connectivity index (χ1) is 9.50. The molecule has 0 aliphatic rings. The van der Waals surface area contributed by atoms with E-state index < -0.39 is 0 Å². The molecule has 1 rings (SSSR count). The predicted octanol–water partition coefficient (Wildman–Crippen LogP) is 4.91. The summed E-state index contributed by atoms with van der Waals surface area (Å²) >= 11 is 0. The first kappa shape index (κ1) is 18.0. The molecule has 0 radical (unpaired) electrons. The van der Waals surface area contributed by atoms with E-state index >= 15 is 0 Å². The van der Waals surface area contributed by atoms with Crippen LogP contribution in [-0.2, 0) is 0 Å². The zero-order valence-electron chi connectivity index (χ0n) is 15.1. The van der Waals surface area contributed by atoms with Gasteiger partial charge in [-0.1, -0.05) is 33.8 Å². The van der Waals surface area contributed by atoms with E-state index in [1.807, 2.05) is 0 Å². The Balaban J connectivity index is 2.60. The van der Waals surface area contributed by atoms with Gasteiger partial charge in [0.15, 0.2) is 0 Å². The average Bonchev–Trinajstić information content (AvgIpc) is 2.33. The number of benzene rings is 1. The smallest absolute Gasteiger partial charge is 0.119 e. The third-order valence-electron chi connectivity index (χ3n) is 3.59. The molecule has 21 heavy (non-hydrogen) atoms. The molecular weight excluding hydrogens is 258 g/mol. The summed E-state index contributed by atoms with van der Waals surface area (Å²) in [6.45, 7) is 19.3. The van der Waals surface area contributed by atoms with Crippen LogP contribution in [0, 0.1) is 12.3 Å². The second-order valence-corrected chi connectivity index (χ2v) is 8.23. The SMILES string of the molecule is Cc1cc(OCC(C)(C)CNC(C)(C)C)ccc1C(C)C. The first-order valence-corrected chi connectivity index (χ1v) is 7.98. The Morgan fingerprint density at radius 1 is 1.10 bits per heavy atom. The zero-order chi connectivity index (χ0) is 16.3. The fourth-order valence-corrected chi connectivity index (χ4v) is 2.22. The monoisotopic (exact) mass is 291 g/mol. The van der Waals surface area contributed by atoms with Crippen LogP contribution < -0.4 is 10.1 Å². The number of hydrogen-bond acceptors (Lipinski definition) is 2. The molecule has 120 valence electrons. The molecule has 0 aliphatic heterocycles. The molecule has 0 heterocycles. The number of aryl methyl sites for hydroxylation is 1. The Labute approximate surface area is 131 Å². The van der Waals surface area contributed by atoms with Gasteiger partial charge in [0.1, 0.15) is 5.75 Å². The fraction of sp³-hybridized carbons (Fsp3) is 0.684. The molecule has 0 amide bonds. The van der Waals surface area contributed by atoms with Gasteiger partial charge < -0.3 is 10.1 Å². The third-order valence-corrected chi connectivity index (χ3v) is 3.59. The highest BCUT2D eigenvalue weighted by atomic mass is 16.5. The van der Waals surface area contributed by atoms with Gasteiger partial charge in [-0.3, -0.25) is 0 Å². The largest absolute Gasteiger partial charge is 0.493 e. The van der Waals surface area contributed by atoms with Gasteiger partial charge in [-0.2, -0.15) is 0 Å². The van der Waals surface area contributed by atoms with Gasteiger partial charge in [0.05, 0.1) is 6.61 Å². The summed E-state index contributed by atoms with van der Waals surface area (Å²) < 4.78 is 6.01. The van der Waals surface area contributed by atoms with Crippen LogP contribution in [0.2, 0.25) is 0 Å². The highest BCUT2D eigenvalue weighted by Gasteiger charge is 2.22. The second-order valence-electron chi connectivity index (χ2n) is 8.23. The van der Waals surface area contributed by atoms with Gasteiger partial charge in [-0.05, 0) is 56.9 Å². The van der Waals surface area contributed by atoms with Crippen LogP contribution in [0.25, 0.3) is 0 Å². The van der Waals surface area contributed by atoms with E-state index in [-0.39, 0.29) is 11.0 Å². The van der Waals surface area contributed by atoms with E-state index in [1.165, 1.54) is 11.1 Å². The zero-order valence-corrected chi connectivity index (χ0v) is 15.1. The molecule has 0 atom stereocenters. The number of nitrogens with one attached hydrogen (secondary N) is 1. The molecule has 0 unspecified atom stereocenters. The lowest BCUT2D eigenvalue weighted by Crippen LogP contribution is -2.43. The van der Waals surface area contributed by atoms with Gasteiger partial charge in [-0.25, -0.2) is 0 Å². The van der Waals surface area contributed by atoms with Gasteiger partial charge in [0.2, 0.25) is 0 Å². The van der Waals surface area contributed by atoms with Crippen molar-refractivity contribution in [3.05, 3.63) is 29.3 Å². The second kappa shape index (κ2) is 6.83. The molecular formula is C19H33NO. The van der Waals surface area contributed by atoms with Crippen molar-refractivity contribution in [3.8, 4) is 5.75 Å². The van der Waals surface area contributed by atoms with Gasteiger partial charge in [0, 0.05) is 17.5 Å². The van der Waals surface area contributed by atoms with Crippen molar-refractivity contribution in [3.63, 3.8) is 0 Å². The molecule has 0 aliphatic carbocycles. The average molecular weight is 291 g/mol. The minimum atomic E-state index is 0.109. The van der Waals surface area contributed by atoms with Crippen molar-refractivity contribution in [2.24, 2.45) is 5.41 Å². The van der Waals surface area contributed by atoms with E-state index in [9.17, 15) is 0 Å². The number of ether oxygens (including phenoxy) is 1. The van der Waals surface area contributed by atoms with Crippen molar-refractivity contribution < 1.29 is 4.74 Å². The quantitative estimate of drug-likeness (QED) is 0.804. The highest BCUT2D eigenvalue weighted by Crippen LogP contribution is 2.25. The van der Waals surface area contributed by atoms with Crippen molar-refractivity contribution >= 4 is 0 Å². The molecule has 0 saturated heterocycles. The lowest BCUT2D eigenvalue weighted by molar-refractivity contribution is 0.165. The van der Waals surface area contributed by atoms with E-state index in [0.717, 1.165) is 18.9 Å². The topological polar surface area (TPSA) is 21.3 Å². The summed E-state index contributed by atoms with van der Waals surface area (Å²) in [6, 6.07) is 6.44. The molecule has 2 heteroatoms. The van der Waals surface area contributed by atoms with E-state index in [4.69, 9.17) is 4.74 Å². The molecule has 0 fully saturated rings. The Bertz CT molecular complexity index is 455. The van der Waals surface area contributed by atoms with E-state index in [2.05, 4.69) is 78.9 Å². The number of hydrogen-bond donors (Lipinski definition) is 1. The maximum absolute atomic E-state index is 6.01. The Morgan fingerprint density at radius 2 is 1.71 bits per heavy atom. The van der Waals surface area contributed by atoms with Gasteiger partial charge in [-0.15, -0.1) is 0 Å². The van der Waals surface area contributed by atoms with Crippen LogP contribution in [0.4, 0.5) is 0 Å². The summed E-state index contributed by atoms with van der Waals surface area (Å²) in [5.41, 5.74) is 2.97. The molecule has 1 N–H and O–H groups in total. The Kier molecular flexibility index (Phi) is 5.86. The number of rotatable bonds is 6. The molecule has 0 spiro atoms. The lowest BCUT2D eigenvalue weighted by Gasteiger charge is -2.30. The van der Waals surface area contributed by atoms with Crippen molar-refractivity contribution in [2.45, 2.75) is 66.8 Å². The van der Waals surface area contributed by atoms with Crippen molar-refractivity contribution in [1.29, 1.82) is 0 Å². The minimum absolute atomic E-state index is 0.109. The Hall–Kier alpha value is -1.02. The fourth-order valence-electron chi connectivity index (χ4n) is 2.22. The Morgan fingerprint density at radius 3 is 2.19 bits per heavy atom. The summed E-state index contributed by atoms with van der Waals surface area (Å²) in [4.78, 5) is 0. The van der Waals surface area contributed by atoms with E-state index in [0.29, 0.717) is 5.92 Å². The van der Waals surface area contributed by atoms with Gasteiger partial charge in [0.25, 0.3) is 0 Å². The van der Waals surface area contributed by atoms with Crippen LogP contribution >= 0.6 is 0 Å². The maximum atomic E-state index is 6.01. The van der Waals surface area contributed by atoms with Crippen molar-refractivity contribution in [1.82, 2.24) is 5.32 Å². The first-order valence-electron chi connectivity index (χ1n) is 7.98. The predicted molar refractivity (Wildman–Crippen MR) is 92.3 cm³/mol. The normalized spacial score (nSPS) is 12.8. The summed E-state index contributed by atoms with van der Waals surface area (Å²) in [5.74, 6) is 1.53. The summed E-state index contributed by atoms with van der Waals surface area (Å²) in [5, 5.41) is 3.55. The summed E-state index contributed by atoms with van der Waals surface area (Å²) in [7, 11) is 0. The molecule has 0 saturated carbocycles. The van der Waals surface area contributed by atoms with Crippen LogP contribution in [-0.4, -0.2) is 18.7 Å². The molecule has 0 bridgehead atoms. The van der Waals surface area contributed by atoms with Crippen LogP contribution in [0.15, 0.2) is 18.2 Å². The van der Waals surface area contributed by atoms with Crippen LogP contribution in [0.3, 0.4) is 0 Å².